The van der Waals surface area contributed by atoms with Gasteiger partial charge in [0.15, 0.2) is 0 Å². The van der Waals surface area contributed by atoms with Crippen molar-refractivity contribution < 1.29 is 5.64 Å². The Hall–Kier alpha value is -1.20. The van der Waals surface area contributed by atoms with E-state index in [9.17, 15) is 4.21 Å². The minimum Gasteiger partial charge on any atom is -0.275 e. The molecule has 19 heavy (non-hydrogen) atoms. The molecule has 1 aromatic heterocycles. The van der Waals surface area contributed by atoms with Crippen molar-refractivity contribution in [1.82, 2.24) is 14.5 Å². The summed E-state index contributed by atoms with van der Waals surface area (Å²) in [6.07, 6.45) is 1.99. The lowest BCUT2D eigenvalue weighted by Gasteiger charge is -2.22. The Morgan fingerprint density at radius 1 is 1.42 bits per heavy atom. The topological polar surface area (TPSA) is 46.9 Å². The van der Waals surface area contributed by atoms with Gasteiger partial charge in [0.05, 0.1) is 21.2 Å². The Kier molecular flexibility index (Phi) is 3.78. The normalized spacial score (nSPS) is 15.6. The van der Waals surface area contributed by atoms with E-state index >= 15 is 0 Å². The van der Waals surface area contributed by atoms with E-state index in [0.29, 0.717) is 0 Å². The fourth-order valence-electron chi connectivity index (χ4n) is 1.84. The molecular formula is C14H23N3OS. The smallest absolute Gasteiger partial charge is 0.0975 e. The number of hydrogen-bond acceptors (Lipinski definition) is 2. The maximum Gasteiger partial charge on any atom is 0.0975 e. The van der Waals surface area contributed by atoms with E-state index < -0.39 is 11.0 Å². The summed E-state index contributed by atoms with van der Waals surface area (Å²) in [5.41, 5.74) is 2.11. The molecule has 2 aromatic rings. The zero-order valence-corrected chi connectivity index (χ0v) is 12.9. The third-order valence-corrected chi connectivity index (χ3v) is 4.66. The van der Waals surface area contributed by atoms with Crippen LogP contribution >= 0.6 is 0 Å². The molecule has 2 atom stereocenters. The monoisotopic (exact) mass is 281 g/mol. The Morgan fingerprint density at radius 2 is 2.11 bits per heavy atom. The first kappa shape index (κ1) is 14.2. The minimum atomic E-state index is -1.07. The first-order valence-corrected chi connectivity index (χ1v) is 7.54. The van der Waals surface area contributed by atoms with Crippen LogP contribution in [0.25, 0.3) is 10.9 Å². The van der Waals surface area contributed by atoms with Gasteiger partial charge in [0.1, 0.15) is 0 Å². The molecule has 0 unspecified atom stereocenters. The Bertz CT molecular complexity index is 618. The molecule has 4 nitrogen and oxygen atoms in total. The molecule has 5 heteroatoms. The van der Waals surface area contributed by atoms with Gasteiger partial charge in [0, 0.05) is 26.1 Å². The summed E-state index contributed by atoms with van der Waals surface area (Å²) >= 11 is 0. The summed E-state index contributed by atoms with van der Waals surface area (Å²) in [6, 6.07) is 6.18. The van der Waals surface area contributed by atoms with E-state index in [1.165, 1.54) is 0 Å². The summed E-state index contributed by atoms with van der Waals surface area (Å²) in [5, 5.41) is 5.46. The van der Waals surface area contributed by atoms with Crippen LogP contribution in [0.2, 0.25) is 0 Å². The molecule has 0 aliphatic carbocycles. The van der Waals surface area contributed by atoms with Crippen molar-refractivity contribution in [3.8, 4) is 0 Å². The molecule has 0 fully saturated rings. The molecule has 0 saturated carbocycles. The predicted molar refractivity (Wildman–Crippen MR) is 82.3 cm³/mol. The molecule has 1 aromatic carbocycles. The lowest BCUT2D eigenvalue weighted by atomic mass is 10.1. The molecule has 0 amide bonds. The van der Waals surface area contributed by atoms with Crippen LogP contribution in [-0.2, 0) is 18.0 Å². The van der Waals surface area contributed by atoms with Crippen LogP contribution in [0, 0.1) is 0 Å². The Balaban J connectivity index is 0.00000200. The molecule has 1 N–H and O–H groups in total. The van der Waals surface area contributed by atoms with Gasteiger partial charge in [-0.3, -0.25) is 4.68 Å². The van der Waals surface area contributed by atoms with Crippen molar-refractivity contribution in [2.75, 3.05) is 0 Å². The summed E-state index contributed by atoms with van der Waals surface area (Å²) < 4.78 is 16.8. The Morgan fingerprint density at radius 3 is 2.74 bits per heavy atom. The summed E-state index contributed by atoms with van der Waals surface area (Å²) in [7, 11) is 0.845. The Labute approximate surface area is 118 Å². The van der Waals surface area contributed by atoms with Crippen LogP contribution in [0.4, 0.5) is 0 Å². The van der Waals surface area contributed by atoms with Gasteiger partial charge in [0.25, 0.3) is 0 Å². The molecule has 0 aliphatic rings. The number of aryl methyl sites for hydroxylation is 1. The van der Waals surface area contributed by atoms with Gasteiger partial charge in [-0.1, -0.05) is 6.07 Å². The summed E-state index contributed by atoms with van der Waals surface area (Å²) in [5.74, 6) is 0. The molecule has 0 aliphatic heterocycles. The molecular weight excluding hydrogens is 258 g/mol. The fraction of sp³-hybridized carbons (Fsp3) is 0.500. The standard InChI is InChI=1S/C14H21N3OS.H2/c1-10(16-19(18)14(2,3)4)11-6-7-13-12(8-11)9-17(5)15-13;/h6-10,16H,1-5H3;1H/t10-,19-;/m0./s1. The van der Waals surface area contributed by atoms with Crippen molar-refractivity contribution in [3.05, 3.63) is 30.0 Å². The van der Waals surface area contributed by atoms with E-state index in [1.54, 1.807) is 4.68 Å². The summed E-state index contributed by atoms with van der Waals surface area (Å²) in [6.45, 7) is 7.93. The SMILES string of the molecule is C[C@H](N[S@@](=O)C(C)(C)C)c1ccc2nn(C)cc2c1.[HH]. The van der Waals surface area contributed by atoms with Gasteiger partial charge < -0.3 is 0 Å². The van der Waals surface area contributed by atoms with Crippen LogP contribution in [0.1, 0.15) is 40.7 Å². The first-order valence-electron chi connectivity index (χ1n) is 6.39. The number of hydrogen-bond donors (Lipinski definition) is 1. The lowest BCUT2D eigenvalue weighted by Crippen LogP contribution is -2.34. The molecule has 2 rings (SSSR count). The highest BCUT2D eigenvalue weighted by Gasteiger charge is 2.21. The van der Waals surface area contributed by atoms with E-state index in [-0.39, 0.29) is 12.2 Å². The quantitative estimate of drug-likeness (QED) is 0.940. The molecule has 1 heterocycles. The van der Waals surface area contributed by atoms with Crippen LogP contribution in [0.15, 0.2) is 24.4 Å². The average Bonchev–Trinajstić information content (AvgIpc) is 2.66. The second-order valence-corrected chi connectivity index (χ2v) is 7.84. The van der Waals surface area contributed by atoms with E-state index in [2.05, 4.69) is 15.9 Å². The molecule has 0 radical (unpaired) electrons. The van der Waals surface area contributed by atoms with Crippen molar-refractivity contribution in [1.29, 1.82) is 0 Å². The molecule has 0 bridgehead atoms. The highest BCUT2D eigenvalue weighted by atomic mass is 32.2. The van der Waals surface area contributed by atoms with E-state index in [1.807, 2.05) is 53.1 Å². The second-order valence-electron chi connectivity index (χ2n) is 5.84. The number of nitrogens with one attached hydrogen (secondary N) is 1. The fourth-order valence-corrected chi connectivity index (χ4v) is 2.65. The van der Waals surface area contributed by atoms with Crippen LogP contribution in [-0.4, -0.2) is 18.7 Å². The van der Waals surface area contributed by atoms with Crippen molar-refractivity contribution >= 4 is 21.9 Å². The zero-order chi connectivity index (χ0) is 14.2. The lowest BCUT2D eigenvalue weighted by molar-refractivity contribution is 0.616. The number of fused-ring (bicyclic) bond motifs is 1. The van der Waals surface area contributed by atoms with Gasteiger partial charge >= 0.3 is 0 Å². The van der Waals surface area contributed by atoms with E-state index in [0.717, 1.165) is 16.5 Å². The van der Waals surface area contributed by atoms with Crippen LogP contribution in [0.5, 0.6) is 0 Å². The maximum absolute atomic E-state index is 12.1. The highest BCUT2D eigenvalue weighted by molar-refractivity contribution is 7.84. The number of benzene rings is 1. The van der Waals surface area contributed by atoms with Gasteiger partial charge in [-0.2, -0.15) is 5.10 Å². The second kappa shape index (κ2) is 5.06. The van der Waals surface area contributed by atoms with Crippen LogP contribution < -0.4 is 4.72 Å². The van der Waals surface area contributed by atoms with Crippen molar-refractivity contribution in [2.45, 2.75) is 38.5 Å². The minimum absolute atomic E-state index is 0. The highest BCUT2D eigenvalue weighted by Crippen LogP contribution is 2.21. The predicted octanol–water partition coefficient (Wildman–Crippen LogP) is 2.93. The largest absolute Gasteiger partial charge is 0.275 e. The van der Waals surface area contributed by atoms with Crippen molar-refractivity contribution in [2.24, 2.45) is 7.05 Å². The third kappa shape index (κ3) is 3.22. The van der Waals surface area contributed by atoms with Crippen LogP contribution in [0.3, 0.4) is 0 Å². The van der Waals surface area contributed by atoms with E-state index in [4.69, 9.17) is 0 Å². The summed E-state index contributed by atoms with van der Waals surface area (Å²) in [4.78, 5) is 0. The molecule has 106 valence electrons. The maximum atomic E-state index is 12.1. The van der Waals surface area contributed by atoms with Gasteiger partial charge in [-0.05, 0) is 45.4 Å². The van der Waals surface area contributed by atoms with Gasteiger partial charge in [0.2, 0.25) is 0 Å². The number of aromatic nitrogens is 2. The molecule has 0 spiro atoms. The van der Waals surface area contributed by atoms with Gasteiger partial charge in [-0.25, -0.2) is 8.93 Å². The van der Waals surface area contributed by atoms with Gasteiger partial charge in [-0.15, -0.1) is 0 Å². The average molecular weight is 281 g/mol. The number of nitrogens with zero attached hydrogens (tertiary/aromatic N) is 2. The first-order chi connectivity index (χ1) is 8.77. The zero-order valence-electron chi connectivity index (χ0n) is 12.1. The third-order valence-electron chi connectivity index (χ3n) is 2.98. The number of rotatable bonds is 3. The van der Waals surface area contributed by atoms with Crippen molar-refractivity contribution in [3.63, 3.8) is 0 Å². The molecule has 0 saturated heterocycles.